The lowest BCUT2D eigenvalue weighted by atomic mass is 10.2. The summed E-state index contributed by atoms with van der Waals surface area (Å²) in [6.07, 6.45) is 7.31. The molecule has 1 heterocycles. The highest BCUT2D eigenvalue weighted by atomic mass is 32.2. The van der Waals surface area contributed by atoms with Crippen molar-refractivity contribution in [3.8, 4) is 0 Å². The number of imidazole rings is 1. The van der Waals surface area contributed by atoms with Crippen LogP contribution in [-0.4, -0.2) is 15.8 Å². The second kappa shape index (κ2) is 4.98. The fourth-order valence-corrected chi connectivity index (χ4v) is 2.79. The molecular formula is C14H14N2OS. The molecule has 3 nitrogen and oxygen atoms in total. The molecule has 1 fully saturated rings. The number of hydrogen-bond donors (Lipinski definition) is 0. The van der Waals surface area contributed by atoms with Crippen molar-refractivity contribution in [3.63, 3.8) is 0 Å². The minimum atomic E-state index is 0.681. The molecule has 0 bridgehead atoms. The van der Waals surface area contributed by atoms with E-state index in [-0.39, 0.29) is 0 Å². The molecule has 3 rings (SSSR count). The highest BCUT2D eigenvalue weighted by molar-refractivity contribution is 7.98. The van der Waals surface area contributed by atoms with Crippen LogP contribution in [0.2, 0.25) is 0 Å². The van der Waals surface area contributed by atoms with Crippen molar-refractivity contribution in [3.05, 3.63) is 48.0 Å². The summed E-state index contributed by atoms with van der Waals surface area (Å²) in [5.74, 6) is 0.928. The second-order valence-corrected chi connectivity index (χ2v) is 5.55. The lowest BCUT2D eigenvalue weighted by Gasteiger charge is -2.06. The molecule has 0 amide bonds. The number of aldehydes is 1. The van der Waals surface area contributed by atoms with Crippen molar-refractivity contribution in [1.82, 2.24) is 9.55 Å². The van der Waals surface area contributed by atoms with Gasteiger partial charge in [0.1, 0.15) is 6.29 Å². The van der Waals surface area contributed by atoms with Crippen LogP contribution in [0, 0.1) is 0 Å². The maximum Gasteiger partial charge on any atom is 0.150 e. The van der Waals surface area contributed by atoms with Crippen molar-refractivity contribution >= 4 is 18.0 Å². The number of hydrogen-bond acceptors (Lipinski definition) is 3. The van der Waals surface area contributed by atoms with Crippen molar-refractivity contribution in [2.45, 2.75) is 29.5 Å². The van der Waals surface area contributed by atoms with Crippen molar-refractivity contribution in [1.29, 1.82) is 0 Å². The first-order valence-electron chi connectivity index (χ1n) is 6.05. The van der Waals surface area contributed by atoms with E-state index < -0.39 is 0 Å². The Balaban J connectivity index is 1.65. The molecule has 0 unspecified atom stereocenters. The highest BCUT2D eigenvalue weighted by Gasteiger charge is 2.24. The zero-order valence-electron chi connectivity index (χ0n) is 9.95. The van der Waals surface area contributed by atoms with Gasteiger partial charge >= 0.3 is 0 Å². The van der Waals surface area contributed by atoms with E-state index in [0.29, 0.717) is 6.04 Å². The van der Waals surface area contributed by atoms with Crippen molar-refractivity contribution in [2.75, 3.05) is 0 Å². The summed E-state index contributed by atoms with van der Waals surface area (Å²) in [6, 6.07) is 8.38. The quantitative estimate of drug-likeness (QED) is 0.609. The summed E-state index contributed by atoms with van der Waals surface area (Å²) in [5.41, 5.74) is 2.00. The van der Waals surface area contributed by atoms with Crippen molar-refractivity contribution in [2.24, 2.45) is 0 Å². The van der Waals surface area contributed by atoms with Gasteiger partial charge in [-0.2, -0.15) is 0 Å². The largest absolute Gasteiger partial charge is 0.331 e. The Morgan fingerprint density at radius 2 is 2.11 bits per heavy atom. The Morgan fingerprint density at radius 3 is 2.78 bits per heavy atom. The summed E-state index contributed by atoms with van der Waals surface area (Å²) in [4.78, 5) is 16.0. The molecule has 2 aromatic rings. The lowest BCUT2D eigenvalue weighted by molar-refractivity contribution is 0.112. The van der Waals surface area contributed by atoms with Gasteiger partial charge in [-0.05, 0) is 25.0 Å². The Kier molecular flexibility index (Phi) is 3.19. The lowest BCUT2D eigenvalue weighted by Crippen LogP contribution is -1.96. The van der Waals surface area contributed by atoms with Gasteiger partial charge in [0.2, 0.25) is 0 Å². The van der Waals surface area contributed by atoms with Crippen LogP contribution in [0.1, 0.15) is 34.9 Å². The van der Waals surface area contributed by atoms with Crippen LogP contribution in [-0.2, 0) is 5.75 Å². The normalized spacial score (nSPS) is 14.7. The van der Waals surface area contributed by atoms with E-state index in [1.165, 1.54) is 23.4 Å². The molecule has 1 aliphatic rings. The summed E-state index contributed by atoms with van der Waals surface area (Å²) in [5, 5.41) is 0. The Bertz CT molecular complexity index is 543. The zero-order chi connectivity index (χ0) is 12.4. The number of carbonyl (C=O) groups is 1. The first kappa shape index (κ1) is 11.5. The standard InChI is InChI=1S/C14H14N2OS/c17-8-11-1-5-14(6-2-11)18-9-13-7-15-10-16(13)12-3-4-12/h1-2,5-8,10,12H,3-4,9H2. The van der Waals surface area contributed by atoms with Gasteiger partial charge in [0.05, 0.1) is 6.33 Å². The van der Waals surface area contributed by atoms with Crippen LogP contribution in [0.25, 0.3) is 0 Å². The van der Waals surface area contributed by atoms with E-state index in [4.69, 9.17) is 0 Å². The van der Waals surface area contributed by atoms with Crippen molar-refractivity contribution < 1.29 is 4.79 Å². The first-order valence-corrected chi connectivity index (χ1v) is 7.04. The molecule has 0 radical (unpaired) electrons. The molecule has 0 spiro atoms. The number of nitrogens with zero attached hydrogens (tertiary/aromatic N) is 2. The molecular weight excluding hydrogens is 244 g/mol. The van der Waals surface area contributed by atoms with Gasteiger partial charge in [-0.1, -0.05) is 12.1 Å². The fourth-order valence-electron chi connectivity index (χ4n) is 1.93. The number of thioether (sulfide) groups is 1. The van der Waals surface area contributed by atoms with Gasteiger partial charge in [-0.3, -0.25) is 4.79 Å². The minimum absolute atomic E-state index is 0.681. The predicted molar refractivity (Wildman–Crippen MR) is 71.9 cm³/mol. The van der Waals surface area contributed by atoms with E-state index in [0.717, 1.165) is 17.6 Å². The van der Waals surface area contributed by atoms with Gasteiger partial charge in [0.25, 0.3) is 0 Å². The number of carbonyl (C=O) groups excluding carboxylic acids is 1. The smallest absolute Gasteiger partial charge is 0.150 e. The third kappa shape index (κ3) is 2.48. The van der Waals surface area contributed by atoms with E-state index in [9.17, 15) is 4.79 Å². The van der Waals surface area contributed by atoms with Crippen LogP contribution >= 0.6 is 11.8 Å². The maximum absolute atomic E-state index is 10.6. The van der Waals surface area contributed by atoms with Gasteiger partial charge in [-0.25, -0.2) is 4.98 Å². The van der Waals surface area contributed by atoms with E-state index in [2.05, 4.69) is 9.55 Å². The topological polar surface area (TPSA) is 34.9 Å². The molecule has 1 aromatic heterocycles. The third-order valence-electron chi connectivity index (χ3n) is 3.09. The average molecular weight is 258 g/mol. The third-order valence-corrected chi connectivity index (χ3v) is 4.14. The number of aromatic nitrogens is 2. The van der Waals surface area contributed by atoms with E-state index in [1.54, 1.807) is 11.8 Å². The maximum atomic E-state index is 10.6. The Morgan fingerprint density at radius 1 is 1.33 bits per heavy atom. The molecule has 0 atom stereocenters. The Labute approximate surface area is 110 Å². The molecule has 0 saturated heterocycles. The SMILES string of the molecule is O=Cc1ccc(SCc2cncn2C2CC2)cc1. The van der Waals surface area contributed by atoms with Crippen LogP contribution < -0.4 is 0 Å². The van der Waals surface area contributed by atoms with Crippen LogP contribution in [0.4, 0.5) is 0 Å². The molecule has 1 aromatic carbocycles. The summed E-state index contributed by atoms with van der Waals surface area (Å²) < 4.78 is 2.28. The van der Waals surface area contributed by atoms with Gasteiger partial charge in [-0.15, -0.1) is 11.8 Å². The van der Waals surface area contributed by atoms with Gasteiger partial charge < -0.3 is 4.57 Å². The Hall–Kier alpha value is -1.55. The number of benzene rings is 1. The van der Waals surface area contributed by atoms with Crippen LogP contribution in [0.3, 0.4) is 0 Å². The predicted octanol–water partition coefficient (Wildman–Crippen LogP) is 3.32. The average Bonchev–Trinajstić information content (AvgIpc) is 3.16. The van der Waals surface area contributed by atoms with E-state index in [1.807, 2.05) is 36.8 Å². The molecule has 0 N–H and O–H groups in total. The fraction of sp³-hybridized carbons (Fsp3) is 0.286. The molecule has 1 aliphatic carbocycles. The van der Waals surface area contributed by atoms with E-state index >= 15 is 0 Å². The zero-order valence-corrected chi connectivity index (χ0v) is 10.8. The summed E-state index contributed by atoms with van der Waals surface area (Å²) in [6.45, 7) is 0. The molecule has 4 heteroatoms. The second-order valence-electron chi connectivity index (χ2n) is 4.50. The molecule has 92 valence electrons. The van der Waals surface area contributed by atoms with Crippen LogP contribution in [0.5, 0.6) is 0 Å². The summed E-state index contributed by atoms with van der Waals surface area (Å²) >= 11 is 1.78. The summed E-state index contributed by atoms with van der Waals surface area (Å²) in [7, 11) is 0. The van der Waals surface area contributed by atoms with Gasteiger partial charge in [0.15, 0.2) is 0 Å². The minimum Gasteiger partial charge on any atom is -0.331 e. The molecule has 0 aliphatic heterocycles. The number of rotatable bonds is 5. The highest BCUT2D eigenvalue weighted by Crippen LogP contribution is 2.36. The first-order chi connectivity index (χ1) is 8.86. The van der Waals surface area contributed by atoms with Crippen LogP contribution in [0.15, 0.2) is 41.7 Å². The molecule has 18 heavy (non-hydrogen) atoms. The monoisotopic (exact) mass is 258 g/mol. The molecule has 1 saturated carbocycles. The van der Waals surface area contributed by atoms with Gasteiger partial charge in [0, 0.05) is 34.1 Å².